The number of nitrogens with zero attached hydrogens (tertiary/aromatic N) is 1. The molecular weight excluding hydrogens is 290 g/mol. The van der Waals surface area contributed by atoms with Crippen LogP contribution >= 0.6 is 0 Å². The van der Waals surface area contributed by atoms with E-state index in [4.69, 9.17) is 9.88 Å². The van der Waals surface area contributed by atoms with E-state index in [9.17, 15) is 8.42 Å². The molecule has 1 atom stereocenters. The zero-order valence-corrected chi connectivity index (χ0v) is 12.7. The van der Waals surface area contributed by atoms with Gasteiger partial charge in [-0.3, -0.25) is 0 Å². The summed E-state index contributed by atoms with van der Waals surface area (Å²) >= 11 is 0. The first kappa shape index (κ1) is 14.7. The van der Waals surface area contributed by atoms with Crippen molar-refractivity contribution < 1.29 is 13.2 Å². The van der Waals surface area contributed by atoms with Crippen LogP contribution in [0.25, 0.3) is 0 Å². The van der Waals surface area contributed by atoms with Crippen LogP contribution in [0, 0.1) is 5.41 Å². The molecule has 0 aromatic carbocycles. The van der Waals surface area contributed by atoms with Gasteiger partial charge >= 0.3 is 0 Å². The molecule has 116 valence electrons. The van der Waals surface area contributed by atoms with Crippen molar-refractivity contribution in [1.82, 2.24) is 4.98 Å². The number of sulfonamides is 1. The molecule has 7 heteroatoms. The Morgan fingerprint density at radius 2 is 2.29 bits per heavy atom. The minimum absolute atomic E-state index is 0.113. The highest BCUT2D eigenvalue weighted by Gasteiger charge is 2.44. The van der Waals surface area contributed by atoms with Gasteiger partial charge in [-0.1, -0.05) is 6.42 Å². The molecule has 21 heavy (non-hydrogen) atoms. The Balaban J connectivity index is 1.50. The molecule has 0 radical (unpaired) electrons. The van der Waals surface area contributed by atoms with Crippen LogP contribution in [0.5, 0.6) is 0 Å². The fourth-order valence-corrected chi connectivity index (χ4v) is 3.66. The number of ether oxygens (including phenoxy) is 1. The number of nitrogens with two attached hydrogens (primary N) is 1. The smallest absolute Gasteiger partial charge is 0.255 e. The number of hydrogen-bond acceptors (Lipinski definition) is 5. The summed E-state index contributed by atoms with van der Waals surface area (Å²) in [5.41, 5.74) is 1.19. The van der Waals surface area contributed by atoms with Gasteiger partial charge in [0.1, 0.15) is 0 Å². The summed E-state index contributed by atoms with van der Waals surface area (Å²) in [6, 6.07) is 3.19. The predicted molar refractivity (Wildman–Crippen MR) is 79.4 cm³/mol. The Labute approximate surface area is 125 Å². The van der Waals surface area contributed by atoms with Crippen molar-refractivity contribution in [2.45, 2.75) is 43.2 Å². The van der Waals surface area contributed by atoms with E-state index in [0.29, 0.717) is 17.2 Å². The molecule has 3 N–H and O–H groups in total. The molecule has 1 aliphatic carbocycles. The molecule has 1 aliphatic heterocycles. The Kier molecular flexibility index (Phi) is 3.90. The summed E-state index contributed by atoms with van der Waals surface area (Å²) in [4.78, 5) is 3.76. The quantitative estimate of drug-likeness (QED) is 0.859. The third-order valence-electron chi connectivity index (χ3n) is 4.52. The summed E-state index contributed by atoms with van der Waals surface area (Å²) in [6.45, 7) is 1.65. The van der Waals surface area contributed by atoms with Gasteiger partial charge in [0.05, 0.1) is 12.7 Å². The molecule has 1 aromatic rings. The van der Waals surface area contributed by atoms with Gasteiger partial charge in [0.2, 0.25) is 0 Å². The van der Waals surface area contributed by atoms with Gasteiger partial charge in [-0.2, -0.15) is 0 Å². The van der Waals surface area contributed by atoms with Gasteiger partial charge in [-0.05, 0) is 37.2 Å². The molecule has 6 nitrogen and oxygen atoms in total. The van der Waals surface area contributed by atoms with Gasteiger partial charge in [0.15, 0.2) is 5.03 Å². The van der Waals surface area contributed by atoms with Crippen LogP contribution in [0.4, 0.5) is 5.69 Å². The molecule has 0 amide bonds. The standard InChI is InChI=1S/C14H21N3O3S/c15-21(18,19)13-8-11(2-6-17-13)16-7-3-12-9-14(10-20-12)4-1-5-14/h2,6,8,12H,1,3-5,7,9-10H2,(H,16,17)(H2,15,18,19). The fourth-order valence-electron chi connectivity index (χ4n) is 3.16. The zero-order chi connectivity index (χ0) is 14.9. The largest absolute Gasteiger partial charge is 0.385 e. The summed E-state index contributed by atoms with van der Waals surface area (Å²) < 4.78 is 28.4. The molecule has 2 fully saturated rings. The Hall–Kier alpha value is -1.18. The second-order valence-corrected chi connectivity index (χ2v) is 7.64. The van der Waals surface area contributed by atoms with E-state index in [2.05, 4.69) is 10.3 Å². The highest BCUT2D eigenvalue weighted by Crippen LogP contribution is 2.49. The second kappa shape index (κ2) is 5.55. The zero-order valence-electron chi connectivity index (χ0n) is 11.9. The lowest BCUT2D eigenvalue weighted by Gasteiger charge is -2.36. The van der Waals surface area contributed by atoms with Crippen LogP contribution in [0.15, 0.2) is 23.4 Å². The van der Waals surface area contributed by atoms with Gasteiger partial charge < -0.3 is 10.1 Å². The van der Waals surface area contributed by atoms with Gasteiger partial charge in [0.25, 0.3) is 10.0 Å². The molecular formula is C14H21N3O3S. The maximum absolute atomic E-state index is 11.2. The SMILES string of the molecule is NS(=O)(=O)c1cc(NCCC2CC3(CCC3)CO2)ccn1. The van der Waals surface area contributed by atoms with Gasteiger partial charge in [0, 0.05) is 24.5 Å². The maximum Gasteiger partial charge on any atom is 0.255 e. The normalized spacial score (nSPS) is 24.0. The van der Waals surface area contributed by atoms with Crippen molar-refractivity contribution in [2.75, 3.05) is 18.5 Å². The number of primary sulfonamides is 1. The minimum Gasteiger partial charge on any atom is -0.385 e. The highest BCUT2D eigenvalue weighted by molar-refractivity contribution is 7.89. The van der Waals surface area contributed by atoms with E-state index >= 15 is 0 Å². The van der Waals surface area contributed by atoms with E-state index in [1.807, 2.05) is 0 Å². The van der Waals surface area contributed by atoms with Crippen LogP contribution in [0.3, 0.4) is 0 Å². The van der Waals surface area contributed by atoms with Gasteiger partial charge in [-0.25, -0.2) is 18.5 Å². The van der Waals surface area contributed by atoms with E-state index < -0.39 is 10.0 Å². The van der Waals surface area contributed by atoms with E-state index in [0.717, 1.165) is 26.0 Å². The number of pyridine rings is 1. The van der Waals surface area contributed by atoms with E-state index in [1.165, 1.54) is 31.5 Å². The first-order chi connectivity index (χ1) is 9.97. The summed E-state index contributed by atoms with van der Waals surface area (Å²) in [6.07, 6.45) is 7.79. The van der Waals surface area contributed by atoms with Crippen molar-refractivity contribution in [3.8, 4) is 0 Å². The summed E-state index contributed by atoms with van der Waals surface area (Å²) in [7, 11) is -3.75. The Bertz CT molecular complexity index is 614. The van der Waals surface area contributed by atoms with Crippen molar-refractivity contribution in [2.24, 2.45) is 10.6 Å². The average molecular weight is 311 g/mol. The number of hydrogen-bond donors (Lipinski definition) is 2. The Morgan fingerprint density at radius 3 is 2.90 bits per heavy atom. The third-order valence-corrected chi connectivity index (χ3v) is 5.33. The average Bonchev–Trinajstić information content (AvgIpc) is 2.83. The van der Waals surface area contributed by atoms with Crippen LogP contribution in [-0.4, -0.2) is 32.7 Å². The van der Waals surface area contributed by atoms with E-state index in [1.54, 1.807) is 6.07 Å². The number of rotatable bonds is 5. The van der Waals surface area contributed by atoms with Crippen molar-refractivity contribution in [1.29, 1.82) is 0 Å². The minimum atomic E-state index is -3.75. The highest BCUT2D eigenvalue weighted by atomic mass is 32.2. The van der Waals surface area contributed by atoms with E-state index in [-0.39, 0.29) is 5.03 Å². The molecule has 1 saturated heterocycles. The first-order valence-electron chi connectivity index (χ1n) is 7.31. The third kappa shape index (κ3) is 3.36. The lowest BCUT2D eigenvalue weighted by molar-refractivity contribution is 0.0673. The number of nitrogens with one attached hydrogen (secondary N) is 1. The van der Waals surface area contributed by atoms with Crippen LogP contribution < -0.4 is 10.5 Å². The van der Waals surface area contributed by atoms with Crippen LogP contribution in [0.2, 0.25) is 0 Å². The number of aromatic nitrogens is 1. The van der Waals surface area contributed by atoms with Crippen LogP contribution in [0.1, 0.15) is 32.1 Å². The van der Waals surface area contributed by atoms with Crippen molar-refractivity contribution >= 4 is 15.7 Å². The number of anilines is 1. The molecule has 2 aliphatic rings. The molecule has 1 spiro atoms. The summed E-state index contributed by atoms with van der Waals surface area (Å²) in [5, 5.41) is 8.16. The fraction of sp³-hybridized carbons (Fsp3) is 0.643. The molecule has 1 aromatic heterocycles. The maximum atomic E-state index is 11.2. The van der Waals surface area contributed by atoms with Crippen molar-refractivity contribution in [3.63, 3.8) is 0 Å². The first-order valence-corrected chi connectivity index (χ1v) is 8.86. The molecule has 1 saturated carbocycles. The predicted octanol–water partition coefficient (Wildman–Crippen LogP) is 1.49. The Morgan fingerprint density at radius 1 is 1.48 bits per heavy atom. The molecule has 0 bridgehead atoms. The second-order valence-electron chi connectivity index (χ2n) is 6.13. The van der Waals surface area contributed by atoms with Crippen molar-refractivity contribution in [3.05, 3.63) is 18.3 Å². The lowest BCUT2D eigenvalue weighted by atomic mass is 9.67. The van der Waals surface area contributed by atoms with Gasteiger partial charge in [-0.15, -0.1) is 0 Å². The molecule has 1 unspecified atom stereocenters. The lowest BCUT2D eigenvalue weighted by Crippen LogP contribution is -2.29. The summed E-state index contributed by atoms with van der Waals surface area (Å²) in [5.74, 6) is 0. The monoisotopic (exact) mass is 311 g/mol. The molecule has 2 heterocycles. The van der Waals surface area contributed by atoms with Crippen LogP contribution in [-0.2, 0) is 14.8 Å². The molecule has 3 rings (SSSR count). The topological polar surface area (TPSA) is 94.3 Å².